The van der Waals surface area contributed by atoms with Crippen LogP contribution in [0.3, 0.4) is 0 Å². The molecule has 1 atom stereocenters. The number of carbonyl (C=O) groups excluding carboxylic acids is 1. The van der Waals surface area contributed by atoms with Crippen molar-refractivity contribution in [2.45, 2.75) is 18.7 Å². The minimum atomic E-state index is -1.02. The highest BCUT2D eigenvalue weighted by molar-refractivity contribution is 7.98. The number of nitrogens with one attached hydrogen (secondary N) is 1. The summed E-state index contributed by atoms with van der Waals surface area (Å²) in [5, 5.41) is 11.3. The molecule has 0 aromatic carbocycles. The number of carbonyl (C=O) groups is 2. The third kappa shape index (κ3) is 5.43. The Bertz CT molecular complexity index is 408. The first-order valence-electron chi connectivity index (χ1n) is 4.81. The summed E-state index contributed by atoms with van der Waals surface area (Å²) in [6.07, 6.45) is 0. The van der Waals surface area contributed by atoms with Gasteiger partial charge in [0, 0.05) is 23.3 Å². The molecule has 1 rings (SSSR count). The number of thioether (sulfide) groups is 1. The van der Waals surface area contributed by atoms with Crippen LogP contribution in [-0.2, 0) is 15.3 Å². The van der Waals surface area contributed by atoms with E-state index in [2.05, 4.69) is 5.32 Å². The number of carboxylic acid groups (broad SMARTS) is 1. The first-order chi connectivity index (χ1) is 7.99. The highest BCUT2D eigenvalue weighted by atomic mass is 35.5. The van der Waals surface area contributed by atoms with E-state index in [1.165, 1.54) is 30.0 Å². The summed E-state index contributed by atoms with van der Waals surface area (Å²) >= 11 is 8.71. The second-order valence-electron chi connectivity index (χ2n) is 3.31. The summed E-state index contributed by atoms with van der Waals surface area (Å²) < 4.78 is 0.720. The number of carboxylic acids is 1. The molecule has 0 aliphatic heterocycles. The lowest BCUT2D eigenvalue weighted by atomic mass is 10.3. The van der Waals surface area contributed by atoms with Gasteiger partial charge >= 0.3 is 5.97 Å². The highest BCUT2D eigenvalue weighted by Crippen LogP contribution is 2.25. The van der Waals surface area contributed by atoms with Gasteiger partial charge in [0.25, 0.3) is 0 Å². The van der Waals surface area contributed by atoms with Crippen molar-refractivity contribution in [2.24, 2.45) is 0 Å². The van der Waals surface area contributed by atoms with Crippen molar-refractivity contribution in [2.75, 3.05) is 5.75 Å². The number of hydrogen-bond donors (Lipinski definition) is 2. The number of rotatable bonds is 6. The van der Waals surface area contributed by atoms with E-state index in [0.29, 0.717) is 11.5 Å². The Morgan fingerprint density at radius 2 is 2.29 bits per heavy atom. The van der Waals surface area contributed by atoms with E-state index in [1.54, 1.807) is 0 Å². The van der Waals surface area contributed by atoms with Gasteiger partial charge in [0.1, 0.15) is 6.04 Å². The fourth-order valence-corrected chi connectivity index (χ4v) is 3.37. The zero-order valence-electron chi connectivity index (χ0n) is 9.10. The molecule has 0 bridgehead atoms. The molecule has 0 radical (unpaired) electrons. The van der Waals surface area contributed by atoms with Crippen LogP contribution in [0.25, 0.3) is 0 Å². The van der Waals surface area contributed by atoms with Gasteiger partial charge in [-0.2, -0.15) is 11.8 Å². The zero-order valence-corrected chi connectivity index (χ0v) is 11.5. The van der Waals surface area contributed by atoms with E-state index in [9.17, 15) is 9.59 Å². The molecule has 1 heterocycles. The van der Waals surface area contributed by atoms with Crippen LogP contribution in [0.1, 0.15) is 11.8 Å². The molecule has 17 heavy (non-hydrogen) atoms. The topological polar surface area (TPSA) is 66.4 Å². The first-order valence-corrected chi connectivity index (χ1v) is 7.16. The van der Waals surface area contributed by atoms with Crippen LogP contribution in [-0.4, -0.2) is 28.8 Å². The lowest BCUT2D eigenvalue weighted by Gasteiger charge is -2.12. The van der Waals surface area contributed by atoms with Gasteiger partial charge in [-0.3, -0.25) is 4.79 Å². The molecule has 2 N–H and O–H groups in total. The SMILES string of the molecule is CC(=O)N[C@@H](CSCc1ccc(Cl)s1)C(=O)O. The van der Waals surface area contributed by atoms with Crippen molar-refractivity contribution in [3.8, 4) is 0 Å². The Labute approximate surface area is 112 Å². The molecule has 0 aliphatic rings. The average molecular weight is 294 g/mol. The summed E-state index contributed by atoms with van der Waals surface area (Å²) in [4.78, 5) is 22.7. The molecule has 94 valence electrons. The second kappa shape index (κ2) is 6.88. The van der Waals surface area contributed by atoms with E-state index in [0.717, 1.165) is 9.21 Å². The molecule has 0 fully saturated rings. The standard InChI is InChI=1S/C10H12ClNO3S2/c1-6(13)12-8(10(14)15)5-16-4-7-2-3-9(11)17-7/h2-3,8H,4-5H2,1H3,(H,12,13)(H,14,15)/t8-/m0/s1. The Kier molecular flexibility index (Phi) is 5.80. The van der Waals surface area contributed by atoms with Crippen LogP contribution < -0.4 is 5.32 Å². The maximum atomic E-state index is 10.8. The van der Waals surface area contributed by atoms with Crippen LogP contribution in [0.2, 0.25) is 4.34 Å². The fourth-order valence-electron chi connectivity index (χ4n) is 1.13. The second-order valence-corrected chi connectivity index (χ2v) is 6.14. The van der Waals surface area contributed by atoms with E-state index >= 15 is 0 Å². The van der Waals surface area contributed by atoms with E-state index in [-0.39, 0.29) is 5.91 Å². The molecule has 0 saturated carbocycles. The summed E-state index contributed by atoms with van der Waals surface area (Å²) in [7, 11) is 0. The first kappa shape index (κ1) is 14.3. The van der Waals surface area contributed by atoms with Crippen molar-refractivity contribution >= 4 is 46.6 Å². The number of thiophene rings is 1. The largest absolute Gasteiger partial charge is 0.480 e. The third-order valence-corrected chi connectivity index (χ3v) is 4.33. The molecule has 0 unspecified atom stereocenters. The van der Waals surface area contributed by atoms with Gasteiger partial charge in [0.15, 0.2) is 0 Å². The fraction of sp³-hybridized carbons (Fsp3) is 0.400. The highest BCUT2D eigenvalue weighted by Gasteiger charge is 2.18. The summed E-state index contributed by atoms with van der Waals surface area (Å²) in [5.74, 6) is -0.320. The van der Waals surface area contributed by atoms with Gasteiger partial charge in [-0.15, -0.1) is 11.3 Å². The number of halogens is 1. The maximum Gasteiger partial charge on any atom is 0.327 e. The Hall–Kier alpha value is -0.720. The lowest BCUT2D eigenvalue weighted by molar-refractivity contribution is -0.140. The predicted molar refractivity (Wildman–Crippen MR) is 70.7 cm³/mol. The van der Waals surface area contributed by atoms with E-state index < -0.39 is 12.0 Å². The van der Waals surface area contributed by atoms with E-state index in [4.69, 9.17) is 16.7 Å². The summed E-state index contributed by atoms with van der Waals surface area (Å²) in [6, 6.07) is 2.88. The van der Waals surface area contributed by atoms with Gasteiger partial charge in [-0.1, -0.05) is 11.6 Å². The van der Waals surface area contributed by atoms with Crippen LogP contribution >= 0.6 is 34.7 Å². The Morgan fingerprint density at radius 3 is 2.76 bits per heavy atom. The van der Waals surface area contributed by atoms with Gasteiger partial charge in [0.05, 0.1) is 4.34 Å². The number of amides is 1. The maximum absolute atomic E-state index is 10.8. The van der Waals surface area contributed by atoms with Crippen molar-refractivity contribution in [3.63, 3.8) is 0 Å². The van der Waals surface area contributed by atoms with E-state index in [1.807, 2.05) is 12.1 Å². The number of hydrogen-bond acceptors (Lipinski definition) is 4. The monoisotopic (exact) mass is 293 g/mol. The summed E-state index contributed by atoms with van der Waals surface area (Å²) in [5.41, 5.74) is 0. The number of aliphatic carboxylic acids is 1. The normalized spacial score (nSPS) is 12.1. The molecule has 4 nitrogen and oxygen atoms in total. The van der Waals surface area contributed by atoms with Crippen LogP contribution in [0.5, 0.6) is 0 Å². The molecule has 0 saturated heterocycles. The Morgan fingerprint density at radius 1 is 1.59 bits per heavy atom. The molecule has 0 aliphatic carbocycles. The van der Waals surface area contributed by atoms with Gasteiger partial charge < -0.3 is 10.4 Å². The van der Waals surface area contributed by atoms with Crippen molar-refractivity contribution in [1.82, 2.24) is 5.32 Å². The summed E-state index contributed by atoms with van der Waals surface area (Å²) in [6.45, 7) is 1.31. The van der Waals surface area contributed by atoms with Crippen LogP contribution in [0.4, 0.5) is 0 Å². The molecule has 1 aromatic heterocycles. The quantitative estimate of drug-likeness (QED) is 0.844. The Balaban J connectivity index is 2.37. The zero-order chi connectivity index (χ0) is 12.8. The van der Waals surface area contributed by atoms with Crippen LogP contribution in [0.15, 0.2) is 12.1 Å². The molecular formula is C10H12ClNO3S2. The third-order valence-electron chi connectivity index (χ3n) is 1.83. The molecule has 7 heteroatoms. The minimum absolute atomic E-state index is 0.336. The molecule has 0 spiro atoms. The minimum Gasteiger partial charge on any atom is -0.480 e. The van der Waals surface area contributed by atoms with Crippen molar-refractivity contribution in [3.05, 3.63) is 21.3 Å². The predicted octanol–water partition coefficient (Wildman–Crippen LogP) is 2.22. The van der Waals surface area contributed by atoms with Gasteiger partial charge in [-0.05, 0) is 12.1 Å². The lowest BCUT2D eigenvalue weighted by Crippen LogP contribution is -2.41. The van der Waals surface area contributed by atoms with Gasteiger partial charge in [-0.25, -0.2) is 4.79 Å². The molecule has 1 amide bonds. The molecular weight excluding hydrogens is 282 g/mol. The van der Waals surface area contributed by atoms with Crippen molar-refractivity contribution < 1.29 is 14.7 Å². The average Bonchev–Trinajstić information content (AvgIpc) is 2.62. The smallest absolute Gasteiger partial charge is 0.327 e. The van der Waals surface area contributed by atoms with Crippen molar-refractivity contribution in [1.29, 1.82) is 0 Å². The molecule has 1 aromatic rings. The van der Waals surface area contributed by atoms with Gasteiger partial charge in [0.2, 0.25) is 5.91 Å². The van der Waals surface area contributed by atoms with Crippen LogP contribution in [0, 0.1) is 0 Å².